The number of aliphatic hydroxyl groups excluding tert-OH is 7. The Balaban J connectivity index is 2.21. The van der Waals surface area contributed by atoms with E-state index in [0.717, 1.165) is 51.4 Å². The molecule has 0 bridgehead atoms. The number of unbranched alkanes of at least 4 members (excludes halogenated alkanes) is 45. The monoisotopic (exact) mass is 1140 g/mol. The molecule has 1 heterocycles. The molecule has 0 aromatic rings. The first kappa shape index (κ1) is 76.6. The second-order valence-electron chi connectivity index (χ2n) is 24.6. The number of nitrogens with one attached hydrogen (secondary N) is 1. The SMILES string of the molecule is CCCCCCCCCCC/C=C\C/C=C\CCCCCCCCCCCCC(O)C(=O)NC(COC1OC(CO)C(O)C(O)C1O)C(O)C(O)CCCCCCCCCCCCCCCCCCCCCCCCCCCCC. The summed E-state index contributed by atoms with van der Waals surface area (Å²) in [5.74, 6) is -0.694. The number of hydrogen-bond donors (Lipinski definition) is 8. The predicted molar refractivity (Wildman–Crippen MR) is 335 cm³/mol. The van der Waals surface area contributed by atoms with E-state index in [1.807, 2.05) is 0 Å². The topological polar surface area (TPSA) is 189 Å². The Morgan fingerprint density at radius 2 is 0.762 bits per heavy atom. The lowest BCUT2D eigenvalue weighted by atomic mass is 9.98. The Morgan fingerprint density at radius 1 is 0.438 bits per heavy atom. The summed E-state index contributed by atoms with van der Waals surface area (Å²) >= 11 is 0. The van der Waals surface area contributed by atoms with E-state index < -0.39 is 74.2 Å². The Morgan fingerprint density at radius 3 is 1.11 bits per heavy atom. The normalized spacial score (nSPS) is 19.3. The average molecular weight is 1140 g/mol. The molecule has 11 nitrogen and oxygen atoms in total. The number of amides is 1. The minimum Gasteiger partial charge on any atom is -0.394 e. The average Bonchev–Trinajstić information content (AvgIpc) is 3.48. The van der Waals surface area contributed by atoms with Gasteiger partial charge in [0, 0.05) is 0 Å². The maximum Gasteiger partial charge on any atom is 0.249 e. The van der Waals surface area contributed by atoms with Crippen molar-refractivity contribution in [3.63, 3.8) is 0 Å². The molecule has 1 saturated heterocycles. The van der Waals surface area contributed by atoms with Crippen LogP contribution >= 0.6 is 0 Å². The molecule has 1 aliphatic heterocycles. The van der Waals surface area contributed by atoms with Crippen molar-refractivity contribution in [2.45, 2.75) is 396 Å². The molecule has 1 fully saturated rings. The fraction of sp³-hybridized carbons (Fsp3) is 0.928. The van der Waals surface area contributed by atoms with Gasteiger partial charge < -0.3 is 50.5 Å². The van der Waals surface area contributed by atoms with Gasteiger partial charge in [0.05, 0.1) is 25.4 Å². The third-order valence-electron chi connectivity index (χ3n) is 17.0. The summed E-state index contributed by atoms with van der Waals surface area (Å²) in [6.45, 7) is 3.51. The summed E-state index contributed by atoms with van der Waals surface area (Å²) in [7, 11) is 0. The Bertz CT molecular complexity index is 1350. The van der Waals surface area contributed by atoms with Gasteiger partial charge in [-0.25, -0.2) is 0 Å². The highest BCUT2D eigenvalue weighted by molar-refractivity contribution is 5.80. The van der Waals surface area contributed by atoms with Crippen LogP contribution in [-0.4, -0.2) is 110 Å². The van der Waals surface area contributed by atoms with E-state index in [4.69, 9.17) is 9.47 Å². The van der Waals surface area contributed by atoms with Crippen LogP contribution in [0.2, 0.25) is 0 Å². The fourth-order valence-electron chi connectivity index (χ4n) is 11.4. The Kier molecular flexibility index (Phi) is 55.5. The maximum absolute atomic E-state index is 13.2. The van der Waals surface area contributed by atoms with E-state index in [2.05, 4.69) is 43.5 Å². The quantitative estimate of drug-likeness (QED) is 0.0215. The summed E-state index contributed by atoms with van der Waals surface area (Å²) in [4.78, 5) is 13.2. The molecule has 0 aromatic heterocycles. The van der Waals surface area contributed by atoms with Crippen LogP contribution in [0.25, 0.3) is 0 Å². The van der Waals surface area contributed by atoms with Crippen LogP contribution in [0, 0.1) is 0 Å². The summed E-state index contributed by atoms with van der Waals surface area (Å²) in [6.07, 6.45) is 61.0. The second-order valence-corrected chi connectivity index (χ2v) is 24.6. The number of hydrogen-bond acceptors (Lipinski definition) is 10. The Labute approximate surface area is 493 Å². The molecule has 1 aliphatic rings. The molecule has 80 heavy (non-hydrogen) atoms. The van der Waals surface area contributed by atoms with E-state index in [1.54, 1.807) is 0 Å². The molecule has 9 unspecified atom stereocenters. The molecule has 474 valence electrons. The minimum absolute atomic E-state index is 0.258. The van der Waals surface area contributed by atoms with Crippen molar-refractivity contribution in [1.29, 1.82) is 0 Å². The van der Waals surface area contributed by atoms with Gasteiger partial charge in [-0.05, 0) is 44.9 Å². The number of allylic oxidation sites excluding steroid dienone is 4. The zero-order chi connectivity index (χ0) is 58.2. The van der Waals surface area contributed by atoms with E-state index in [9.17, 15) is 40.5 Å². The number of rotatable bonds is 61. The highest BCUT2D eigenvalue weighted by Crippen LogP contribution is 2.24. The zero-order valence-corrected chi connectivity index (χ0v) is 52.3. The fourth-order valence-corrected chi connectivity index (χ4v) is 11.4. The molecule has 0 saturated carbocycles. The van der Waals surface area contributed by atoms with Crippen molar-refractivity contribution in [1.82, 2.24) is 5.32 Å². The molecule has 0 spiro atoms. The van der Waals surface area contributed by atoms with E-state index in [-0.39, 0.29) is 6.42 Å². The Hall–Kier alpha value is -1.41. The summed E-state index contributed by atoms with van der Waals surface area (Å²) in [5.41, 5.74) is 0. The second kappa shape index (κ2) is 58.0. The summed E-state index contributed by atoms with van der Waals surface area (Å²) in [6, 6.07) is -1.17. The molecule has 0 aromatic carbocycles. The first-order valence-corrected chi connectivity index (χ1v) is 34.7. The van der Waals surface area contributed by atoms with Crippen LogP contribution < -0.4 is 5.32 Å². The van der Waals surface area contributed by atoms with Crippen LogP contribution in [0.4, 0.5) is 0 Å². The van der Waals surface area contributed by atoms with E-state index in [0.29, 0.717) is 19.3 Å². The van der Waals surface area contributed by atoms with Gasteiger partial charge in [0.15, 0.2) is 6.29 Å². The van der Waals surface area contributed by atoms with Crippen molar-refractivity contribution in [3.05, 3.63) is 24.3 Å². The van der Waals surface area contributed by atoms with Gasteiger partial charge in [0.1, 0.15) is 36.6 Å². The van der Waals surface area contributed by atoms with Crippen LogP contribution in [0.5, 0.6) is 0 Å². The van der Waals surface area contributed by atoms with Crippen LogP contribution in [0.3, 0.4) is 0 Å². The lowest BCUT2D eigenvalue weighted by Gasteiger charge is -2.40. The van der Waals surface area contributed by atoms with E-state index in [1.165, 1.54) is 250 Å². The van der Waals surface area contributed by atoms with Gasteiger partial charge in [-0.15, -0.1) is 0 Å². The third kappa shape index (κ3) is 45.0. The van der Waals surface area contributed by atoms with E-state index >= 15 is 0 Å². The molecular weight excluding hydrogens is 1000 g/mol. The molecule has 9 atom stereocenters. The minimum atomic E-state index is -1.66. The molecule has 0 aliphatic carbocycles. The number of aliphatic hydroxyl groups is 7. The van der Waals surface area contributed by atoms with Crippen molar-refractivity contribution in [3.8, 4) is 0 Å². The lowest BCUT2D eigenvalue weighted by Crippen LogP contribution is -2.60. The lowest BCUT2D eigenvalue weighted by molar-refractivity contribution is -0.303. The molecule has 11 heteroatoms. The molecule has 8 N–H and O–H groups in total. The van der Waals surface area contributed by atoms with Crippen LogP contribution in [0.1, 0.15) is 341 Å². The molecular formula is C69H133NO10. The van der Waals surface area contributed by atoms with Gasteiger partial charge in [-0.2, -0.15) is 0 Å². The third-order valence-corrected chi connectivity index (χ3v) is 17.0. The number of ether oxygens (including phenoxy) is 2. The van der Waals surface area contributed by atoms with Gasteiger partial charge in [0.25, 0.3) is 0 Å². The van der Waals surface area contributed by atoms with Crippen molar-refractivity contribution < 1.29 is 50.0 Å². The first-order chi connectivity index (χ1) is 39.2. The number of carbonyl (C=O) groups excluding carboxylic acids is 1. The zero-order valence-electron chi connectivity index (χ0n) is 52.3. The highest BCUT2D eigenvalue weighted by atomic mass is 16.7. The van der Waals surface area contributed by atoms with Crippen LogP contribution in [0.15, 0.2) is 24.3 Å². The van der Waals surface area contributed by atoms with Gasteiger partial charge in [-0.3, -0.25) is 4.79 Å². The molecule has 1 rings (SSSR count). The van der Waals surface area contributed by atoms with Gasteiger partial charge in [0.2, 0.25) is 5.91 Å². The maximum atomic E-state index is 13.2. The standard InChI is InChI=1S/C69H133NO10/c1-3-5-7-9-11-13-15-17-19-21-23-25-27-29-31-33-34-36-38-40-42-44-46-48-50-52-54-56-61(72)64(74)60(59-79-69-67(77)66(76)65(75)63(58-71)80-69)70-68(78)62(73)57-55-53-51-49-47-45-43-41-39-37-35-32-30-28-26-24-22-20-18-16-14-12-10-8-6-4-2/h24,26,30,32,60-67,69,71-77H,3-23,25,27-29,31,33-59H2,1-2H3,(H,70,78)/b26-24-,32-30-. The number of carbonyl (C=O) groups is 1. The smallest absolute Gasteiger partial charge is 0.249 e. The van der Waals surface area contributed by atoms with Crippen LogP contribution in [-0.2, 0) is 14.3 Å². The van der Waals surface area contributed by atoms with Gasteiger partial charge in [-0.1, -0.05) is 321 Å². The summed E-state index contributed by atoms with van der Waals surface area (Å²) in [5, 5.41) is 76.5. The first-order valence-electron chi connectivity index (χ1n) is 34.7. The molecule has 1 amide bonds. The van der Waals surface area contributed by atoms with Crippen molar-refractivity contribution in [2.24, 2.45) is 0 Å². The van der Waals surface area contributed by atoms with Gasteiger partial charge >= 0.3 is 0 Å². The molecule has 0 radical (unpaired) electrons. The van der Waals surface area contributed by atoms with Crippen molar-refractivity contribution >= 4 is 5.91 Å². The van der Waals surface area contributed by atoms with Crippen molar-refractivity contribution in [2.75, 3.05) is 13.2 Å². The predicted octanol–water partition coefficient (Wildman–Crippen LogP) is 16.4. The largest absolute Gasteiger partial charge is 0.394 e. The highest BCUT2D eigenvalue weighted by Gasteiger charge is 2.44. The summed E-state index contributed by atoms with van der Waals surface area (Å²) < 4.78 is 11.2.